The third-order valence-electron chi connectivity index (χ3n) is 4.08. The van der Waals surface area contributed by atoms with Crippen molar-refractivity contribution in [2.75, 3.05) is 6.54 Å². The van der Waals surface area contributed by atoms with Crippen LogP contribution in [0.1, 0.15) is 54.7 Å². The third kappa shape index (κ3) is 2.52. The van der Waals surface area contributed by atoms with Gasteiger partial charge in [0, 0.05) is 19.2 Å². The maximum absolute atomic E-state index is 12.9. The summed E-state index contributed by atoms with van der Waals surface area (Å²) in [5.41, 5.74) is 1.36. The zero-order chi connectivity index (χ0) is 15.7. The first-order chi connectivity index (χ1) is 10.7. The van der Waals surface area contributed by atoms with Crippen LogP contribution in [0.25, 0.3) is 0 Å². The molecule has 22 heavy (non-hydrogen) atoms. The van der Waals surface area contributed by atoms with Gasteiger partial charge in [-0.05, 0) is 26.2 Å². The predicted octanol–water partition coefficient (Wildman–Crippen LogP) is 3.08. The molecule has 0 aliphatic carbocycles. The van der Waals surface area contributed by atoms with E-state index in [1.807, 2.05) is 24.8 Å². The van der Waals surface area contributed by atoms with Crippen LogP contribution in [-0.2, 0) is 13.0 Å². The Hall–Kier alpha value is -1.82. The van der Waals surface area contributed by atoms with Gasteiger partial charge in [0.15, 0.2) is 5.76 Å². The molecule has 0 aromatic carbocycles. The van der Waals surface area contributed by atoms with Crippen molar-refractivity contribution in [1.29, 1.82) is 0 Å². The molecule has 118 valence electrons. The van der Waals surface area contributed by atoms with Crippen molar-refractivity contribution >= 4 is 17.5 Å². The van der Waals surface area contributed by atoms with Gasteiger partial charge < -0.3 is 9.42 Å². The van der Waals surface area contributed by atoms with Crippen LogP contribution < -0.4 is 0 Å². The van der Waals surface area contributed by atoms with E-state index in [2.05, 4.69) is 10.3 Å². The number of carbonyl (C=O) groups is 1. The van der Waals surface area contributed by atoms with Crippen LogP contribution in [0.15, 0.2) is 16.8 Å². The van der Waals surface area contributed by atoms with Crippen molar-refractivity contribution in [3.63, 3.8) is 0 Å². The molecule has 1 aliphatic rings. The Bertz CT molecular complexity index is 679. The number of hydrogen-bond acceptors (Lipinski definition) is 4. The van der Waals surface area contributed by atoms with Gasteiger partial charge in [-0.15, -0.1) is 0 Å². The summed E-state index contributed by atoms with van der Waals surface area (Å²) in [5.74, 6) is 0.655. The van der Waals surface area contributed by atoms with Crippen LogP contribution in [0.3, 0.4) is 0 Å². The summed E-state index contributed by atoms with van der Waals surface area (Å²) < 4.78 is 7.06. The zero-order valence-electron chi connectivity index (χ0n) is 12.8. The van der Waals surface area contributed by atoms with E-state index in [4.69, 9.17) is 16.1 Å². The average molecular weight is 323 g/mol. The van der Waals surface area contributed by atoms with Crippen LogP contribution in [0.5, 0.6) is 0 Å². The van der Waals surface area contributed by atoms with Gasteiger partial charge in [0.1, 0.15) is 5.69 Å². The fraction of sp³-hybridized carbons (Fsp3) is 0.533. The fourth-order valence-electron chi connectivity index (χ4n) is 2.91. The summed E-state index contributed by atoms with van der Waals surface area (Å²) in [6.07, 6.45) is 4.16. The Kier molecular flexibility index (Phi) is 4.20. The minimum Gasteiger partial charge on any atom is -0.359 e. The van der Waals surface area contributed by atoms with Crippen LogP contribution in [0.4, 0.5) is 0 Å². The highest BCUT2D eigenvalue weighted by atomic mass is 35.5. The summed E-state index contributed by atoms with van der Waals surface area (Å²) in [6, 6.07) is 1.87. The molecule has 1 atom stereocenters. The Balaban J connectivity index is 1.89. The maximum atomic E-state index is 12.9. The Morgan fingerprint density at radius 2 is 2.32 bits per heavy atom. The first-order valence-electron chi connectivity index (χ1n) is 7.63. The molecule has 0 bridgehead atoms. The van der Waals surface area contributed by atoms with Crippen molar-refractivity contribution < 1.29 is 9.32 Å². The van der Waals surface area contributed by atoms with Crippen LogP contribution in [-0.4, -0.2) is 32.3 Å². The SMILES string of the molecule is CCc1cc(C2CCCN2C(=O)c2c(Cl)cnn2CC)on1. The summed E-state index contributed by atoms with van der Waals surface area (Å²) in [7, 11) is 0. The normalized spacial score (nSPS) is 18.1. The first-order valence-corrected chi connectivity index (χ1v) is 8.01. The molecule has 7 heteroatoms. The number of likely N-dealkylation sites (tertiary alicyclic amines) is 1. The van der Waals surface area contributed by atoms with E-state index >= 15 is 0 Å². The van der Waals surface area contributed by atoms with Gasteiger partial charge in [-0.3, -0.25) is 9.48 Å². The average Bonchev–Trinajstić information content (AvgIpc) is 3.24. The largest absolute Gasteiger partial charge is 0.359 e. The predicted molar refractivity (Wildman–Crippen MR) is 81.8 cm³/mol. The number of amides is 1. The van der Waals surface area contributed by atoms with E-state index in [9.17, 15) is 4.79 Å². The molecule has 2 aromatic heterocycles. The van der Waals surface area contributed by atoms with Gasteiger partial charge in [0.05, 0.1) is 23.0 Å². The summed E-state index contributed by atoms with van der Waals surface area (Å²) in [5, 5.41) is 8.57. The molecule has 1 amide bonds. The second-order valence-electron chi connectivity index (χ2n) is 5.39. The molecule has 0 saturated carbocycles. The number of hydrogen-bond donors (Lipinski definition) is 0. The lowest BCUT2D eigenvalue weighted by Gasteiger charge is -2.23. The molecule has 0 N–H and O–H groups in total. The smallest absolute Gasteiger partial charge is 0.274 e. The molecule has 3 heterocycles. The van der Waals surface area contributed by atoms with E-state index in [1.165, 1.54) is 6.20 Å². The summed E-state index contributed by atoms with van der Waals surface area (Å²) in [6.45, 7) is 5.26. The van der Waals surface area contributed by atoms with Crippen molar-refractivity contribution in [3.8, 4) is 0 Å². The quantitative estimate of drug-likeness (QED) is 0.867. The number of nitrogens with zero attached hydrogens (tertiary/aromatic N) is 4. The zero-order valence-corrected chi connectivity index (χ0v) is 13.5. The second kappa shape index (κ2) is 6.12. The van der Waals surface area contributed by atoms with Crippen LogP contribution >= 0.6 is 11.6 Å². The topological polar surface area (TPSA) is 64.2 Å². The highest BCUT2D eigenvalue weighted by molar-refractivity contribution is 6.33. The van der Waals surface area contributed by atoms with Crippen molar-refractivity contribution in [3.05, 3.63) is 34.4 Å². The van der Waals surface area contributed by atoms with E-state index in [0.717, 1.165) is 30.7 Å². The van der Waals surface area contributed by atoms with Crippen molar-refractivity contribution in [1.82, 2.24) is 19.8 Å². The Morgan fingerprint density at radius 3 is 3.00 bits per heavy atom. The highest BCUT2D eigenvalue weighted by Gasteiger charge is 2.35. The summed E-state index contributed by atoms with van der Waals surface area (Å²) >= 11 is 6.15. The lowest BCUT2D eigenvalue weighted by atomic mass is 10.1. The molecule has 1 aliphatic heterocycles. The standard InChI is InChI=1S/C15H19ClN4O2/c1-3-10-8-13(22-18-10)12-6-5-7-19(12)15(21)14-11(16)9-17-20(14)4-2/h8-9,12H,3-7H2,1-2H3. The van der Waals surface area contributed by atoms with E-state index < -0.39 is 0 Å². The minimum atomic E-state index is -0.0960. The highest BCUT2D eigenvalue weighted by Crippen LogP contribution is 2.34. The van der Waals surface area contributed by atoms with Gasteiger partial charge in [0.2, 0.25) is 0 Å². The lowest BCUT2D eigenvalue weighted by Crippen LogP contribution is -2.32. The van der Waals surface area contributed by atoms with E-state index in [1.54, 1.807) is 4.68 Å². The summed E-state index contributed by atoms with van der Waals surface area (Å²) in [4.78, 5) is 14.7. The van der Waals surface area contributed by atoms with Gasteiger partial charge in [0.25, 0.3) is 5.91 Å². The fourth-order valence-corrected chi connectivity index (χ4v) is 3.13. The van der Waals surface area contributed by atoms with Gasteiger partial charge >= 0.3 is 0 Å². The number of aryl methyl sites for hydroxylation is 2. The first kappa shape index (κ1) is 15.1. The molecule has 1 saturated heterocycles. The molecular weight excluding hydrogens is 304 g/mol. The van der Waals surface area contributed by atoms with Crippen molar-refractivity contribution in [2.24, 2.45) is 0 Å². The molecule has 2 aromatic rings. The molecule has 0 spiro atoms. The van der Waals surface area contributed by atoms with E-state index in [0.29, 0.717) is 23.8 Å². The Labute approximate surface area is 134 Å². The maximum Gasteiger partial charge on any atom is 0.274 e. The van der Waals surface area contributed by atoms with Gasteiger partial charge in [-0.25, -0.2) is 0 Å². The molecule has 6 nitrogen and oxygen atoms in total. The number of carbonyl (C=O) groups excluding carboxylic acids is 1. The van der Waals surface area contributed by atoms with Crippen LogP contribution in [0.2, 0.25) is 5.02 Å². The third-order valence-corrected chi connectivity index (χ3v) is 4.36. The molecule has 0 radical (unpaired) electrons. The lowest BCUT2D eigenvalue weighted by molar-refractivity contribution is 0.0702. The Morgan fingerprint density at radius 1 is 1.50 bits per heavy atom. The molecule has 1 fully saturated rings. The number of aromatic nitrogens is 3. The second-order valence-corrected chi connectivity index (χ2v) is 5.79. The van der Waals surface area contributed by atoms with Gasteiger partial charge in [-0.2, -0.15) is 5.10 Å². The van der Waals surface area contributed by atoms with Crippen LogP contribution in [0, 0.1) is 0 Å². The van der Waals surface area contributed by atoms with Gasteiger partial charge in [-0.1, -0.05) is 23.7 Å². The number of halogens is 1. The molecular formula is C15H19ClN4O2. The number of rotatable bonds is 4. The van der Waals surface area contributed by atoms with Crippen molar-refractivity contribution in [2.45, 2.75) is 45.7 Å². The monoisotopic (exact) mass is 322 g/mol. The minimum absolute atomic E-state index is 0.0726. The van der Waals surface area contributed by atoms with E-state index in [-0.39, 0.29) is 11.9 Å². The molecule has 1 unspecified atom stereocenters. The molecule has 3 rings (SSSR count).